The SMILES string of the molecule is NC(CC1CCNC1)c1ccc(Br)cc1. The fraction of sp³-hybridized carbons (Fsp3) is 0.500. The van der Waals surface area contributed by atoms with Gasteiger partial charge >= 0.3 is 0 Å². The second-order valence-electron chi connectivity index (χ2n) is 4.25. The van der Waals surface area contributed by atoms with Gasteiger partial charge in [0, 0.05) is 10.5 Å². The zero-order chi connectivity index (χ0) is 10.7. The van der Waals surface area contributed by atoms with Crippen LogP contribution >= 0.6 is 15.9 Å². The molecule has 0 saturated carbocycles. The summed E-state index contributed by atoms with van der Waals surface area (Å²) >= 11 is 3.43. The molecule has 1 aliphatic rings. The van der Waals surface area contributed by atoms with E-state index in [0.717, 1.165) is 29.9 Å². The number of halogens is 1. The van der Waals surface area contributed by atoms with Gasteiger partial charge in [0.1, 0.15) is 0 Å². The molecule has 82 valence electrons. The summed E-state index contributed by atoms with van der Waals surface area (Å²) in [7, 11) is 0. The topological polar surface area (TPSA) is 38.0 Å². The van der Waals surface area contributed by atoms with Crippen LogP contribution in [-0.4, -0.2) is 13.1 Å². The average Bonchev–Trinajstić information content (AvgIpc) is 2.71. The Morgan fingerprint density at radius 3 is 2.73 bits per heavy atom. The summed E-state index contributed by atoms with van der Waals surface area (Å²) in [6, 6.07) is 8.52. The van der Waals surface area contributed by atoms with Gasteiger partial charge in [0.2, 0.25) is 0 Å². The van der Waals surface area contributed by atoms with Crippen LogP contribution in [0.5, 0.6) is 0 Å². The van der Waals surface area contributed by atoms with E-state index in [1.165, 1.54) is 12.0 Å². The molecule has 3 N–H and O–H groups in total. The van der Waals surface area contributed by atoms with Crippen LogP contribution in [0.25, 0.3) is 0 Å². The van der Waals surface area contributed by atoms with Crippen LogP contribution < -0.4 is 11.1 Å². The van der Waals surface area contributed by atoms with Crippen molar-refractivity contribution in [2.24, 2.45) is 11.7 Å². The molecule has 1 aromatic rings. The summed E-state index contributed by atoms with van der Waals surface area (Å²) in [5.74, 6) is 0.753. The summed E-state index contributed by atoms with van der Waals surface area (Å²) in [6.45, 7) is 2.28. The Balaban J connectivity index is 1.94. The standard InChI is InChI=1S/C12H17BrN2/c13-11-3-1-10(2-4-11)12(14)7-9-5-6-15-8-9/h1-4,9,12,15H,5-8,14H2. The first kappa shape index (κ1) is 11.1. The maximum atomic E-state index is 6.18. The van der Waals surface area contributed by atoms with E-state index < -0.39 is 0 Å². The Labute approximate surface area is 99.4 Å². The minimum atomic E-state index is 0.183. The smallest absolute Gasteiger partial charge is 0.0297 e. The lowest BCUT2D eigenvalue weighted by Crippen LogP contribution is -2.17. The van der Waals surface area contributed by atoms with E-state index in [1.54, 1.807) is 0 Å². The second kappa shape index (κ2) is 5.10. The molecular weight excluding hydrogens is 252 g/mol. The Bertz CT molecular complexity index is 304. The van der Waals surface area contributed by atoms with Gasteiger partial charge in [-0.05, 0) is 49.5 Å². The fourth-order valence-corrected chi connectivity index (χ4v) is 2.39. The van der Waals surface area contributed by atoms with E-state index in [0.29, 0.717) is 0 Å². The van der Waals surface area contributed by atoms with Crippen LogP contribution in [0.2, 0.25) is 0 Å². The maximum Gasteiger partial charge on any atom is 0.0297 e. The van der Waals surface area contributed by atoms with Crippen LogP contribution in [0.4, 0.5) is 0 Å². The van der Waals surface area contributed by atoms with Crippen molar-refractivity contribution in [2.45, 2.75) is 18.9 Å². The fourth-order valence-electron chi connectivity index (χ4n) is 2.12. The molecule has 0 amide bonds. The molecule has 2 unspecified atom stereocenters. The minimum Gasteiger partial charge on any atom is -0.324 e. The van der Waals surface area contributed by atoms with E-state index >= 15 is 0 Å². The molecule has 0 spiro atoms. The minimum absolute atomic E-state index is 0.183. The summed E-state index contributed by atoms with van der Waals surface area (Å²) in [5.41, 5.74) is 7.42. The molecule has 1 aromatic carbocycles. The van der Waals surface area contributed by atoms with Crippen molar-refractivity contribution in [2.75, 3.05) is 13.1 Å². The molecular formula is C12H17BrN2. The first-order valence-electron chi connectivity index (χ1n) is 5.47. The van der Waals surface area contributed by atoms with Gasteiger partial charge in [0.15, 0.2) is 0 Å². The molecule has 2 atom stereocenters. The van der Waals surface area contributed by atoms with Crippen molar-refractivity contribution < 1.29 is 0 Å². The second-order valence-corrected chi connectivity index (χ2v) is 5.17. The summed E-state index contributed by atoms with van der Waals surface area (Å²) in [4.78, 5) is 0. The molecule has 1 heterocycles. The van der Waals surface area contributed by atoms with Crippen LogP contribution in [0.3, 0.4) is 0 Å². The van der Waals surface area contributed by atoms with E-state index in [4.69, 9.17) is 5.73 Å². The predicted molar refractivity (Wildman–Crippen MR) is 66.7 cm³/mol. The monoisotopic (exact) mass is 268 g/mol. The maximum absolute atomic E-state index is 6.18. The third-order valence-electron chi connectivity index (χ3n) is 3.05. The lowest BCUT2D eigenvalue weighted by molar-refractivity contribution is 0.473. The van der Waals surface area contributed by atoms with Gasteiger partial charge in [-0.25, -0.2) is 0 Å². The molecule has 2 rings (SSSR count). The highest BCUT2D eigenvalue weighted by atomic mass is 79.9. The number of nitrogens with two attached hydrogens (primary N) is 1. The van der Waals surface area contributed by atoms with Crippen LogP contribution in [-0.2, 0) is 0 Å². The van der Waals surface area contributed by atoms with Gasteiger partial charge in [-0.3, -0.25) is 0 Å². The Morgan fingerprint density at radius 2 is 2.13 bits per heavy atom. The molecule has 0 bridgehead atoms. The van der Waals surface area contributed by atoms with Gasteiger partial charge < -0.3 is 11.1 Å². The summed E-state index contributed by atoms with van der Waals surface area (Å²) in [6.07, 6.45) is 2.36. The molecule has 1 aliphatic heterocycles. The highest BCUT2D eigenvalue weighted by molar-refractivity contribution is 9.10. The van der Waals surface area contributed by atoms with E-state index in [9.17, 15) is 0 Å². The zero-order valence-electron chi connectivity index (χ0n) is 8.75. The van der Waals surface area contributed by atoms with E-state index in [-0.39, 0.29) is 6.04 Å². The number of benzene rings is 1. The lowest BCUT2D eigenvalue weighted by Gasteiger charge is -2.16. The largest absolute Gasteiger partial charge is 0.324 e. The molecule has 3 heteroatoms. The van der Waals surface area contributed by atoms with Gasteiger partial charge in [-0.1, -0.05) is 28.1 Å². The van der Waals surface area contributed by atoms with Gasteiger partial charge in [-0.2, -0.15) is 0 Å². The Morgan fingerprint density at radius 1 is 1.40 bits per heavy atom. The van der Waals surface area contributed by atoms with Crippen molar-refractivity contribution in [3.05, 3.63) is 34.3 Å². The van der Waals surface area contributed by atoms with Crippen LogP contribution in [0.15, 0.2) is 28.7 Å². The van der Waals surface area contributed by atoms with Crippen molar-refractivity contribution in [1.82, 2.24) is 5.32 Å². The number of hydrogen-bond acceptors (Lipinski definition) is 2. The van der Waals surface area contributed by atoms with Crippen molar-refractivity contribution in [3.63, 3.8) is 0 Å². The van der Waals surface area contributed by atoms with Crippen LogP contribution in [0.1, 0.15) is 24.4 Å². The van der Waals surface area contributed by atoms with Crippen molar-refractivity contribution in [1.29, 1.82) is 0 Å². The molecule has 1 saturated heterocycles. The average molecular weight is 269 g/mol. The molecule has 2 nitrogen and oxygen atoms in total. The van der Waals surface area contributed by atoms with Crippen molar-refractivity contribution >= 4 is 15.9 Å². The van der Waals surface area contributed by atoms with E-state index in [2.05, 4.69) is 45.5 Å². The normalized spacial score (nSPS) is 22.9. The van der Waals surface area contributed by atoms with Gasteiger partial charge in [0.25, 0.3) is 0 Å². The first-order chi connectivity index (χ1) is 7.25. The quantitative estimate of drug-likeness (QED) is 0.884. The Kier molecular flexibility index (Phi) is 3.78. The molecule has 0 radical (unpaired) electrons. The van der Waals surface area contributed by atoms with Crippen LogP contribution in [0, 0.1) is 5.92 Å². The molecule has 0 aliphatic carbocycles. The van der Waals surface area contributed by atoms with Gasteiger partial charge in [-0.15, -0.1) is 0 Å². The third-order valence-corrected chi connectivity index (χ3v) is 3.58. The van der Waals surface area contributed by atoms with Crippen molar-refractivity contribution in [3.8, 4) is 0 Å². The summed E-state index contributed by atoms with van der Waals surface area (Å²) in [5, 5.41) is 3.38. The lowest BCUT2D eigenvalue weighted by atomic mass is 9.95. The Hall–Kier alpha value is -0.380. The summed E-state index contributed by atoms with van der Waals surface area (Å²) < 4.78 is 1.11. The molecule has 0 aromatic heterocycles. The van der Waals surface area contributed by atoms with E-state index in [1.807, 2.05) is 0 Å². The highest BCUT2D eigenvalue weighted by Crippen LogP contribution is 2.23. The zero-order valence-corrected chi connectivity index (χ0v) is 10.3. The molecule has 1 fully saturated rings. The third kappa shape index (κ3) is 3.03. The number of rotatable bonds is 3. The predicted octanol–water partition coefficient (Wildman–Crippen LogP) is 2.45. The number of hydrogen-bond donors (Lipinski definition) is 2. The molecule has 15 heavy (non-hydrogen) atoms. The number of nitrogens with one attached hydrogen (secondary N) is 1. The first-order valence-corrected chi connectivity index (χ1v) is 6.27. The van der Waals surface area contributed by atoms with Gasteiger partial charge in [0.05, 0.1) is 0 Å². The highest BCUT2D eigenvalue weighted by Gasteiger charge is 2.18.